The molecule has 0 unspecified atom stereocenters. The van der Waals surface area contributed by atoms with Gasteiger partial charge in [0.1, 0.15) is 0 Å². The van der Waals surface area contributed by atoms with Crippen molar-refractivity contribution in [2.75, 3.05) is 39.3 Å². The van der Waals surface area contributed by atoms with E-state index in [1.54, 1.807) is 11.3 Å². The Morgan fingerprint density at radius 2 is 2.00 bits per heavy atom. The highest BCUT2D eigenvalue weighted by molar-refractivity contribution is 14.0. The zero-order chi connectivity index (χ0) is 17.4. The van der Waals surface area contributed by atoms with Crippen LogP contribution in [0.15, 0.2) is 4.99 Å². The summed E-state index contributed by atoms with van der Waals surface area (Å²) in [5, 5.41) is 7.97. The lowest BCUT2D eigenvalue weighted by molar-refractivity contribution is 0.197. The molecule has 0 spiro atoms. The van der Waals surface area contributed by atoms with Gasteiger partial charge in [-0.1, -0.05) is 6.92 Å². The quantitative estimate of drug-likeness (QED) is 0.358. The summed E-state index contributed by atoms with van der Waals surface area (Å²) in [6.45, 7) is 14.8. The van der Waals surface area contributed by atoms with Crippen molar-refractivity contribution < 1.29 is 0 Å². The largest absolute Gasteiger partial charge is 0.357 e. The van der Waals surface area contributed by atoms with Gasteiger partial charge in [-0.2, -0.15) is 0 Å². The summed E-state index contributed by atoms with van der Waals surface area (Å²) in [4.78, 5) is 13.2. The summed E-state index contributed by atoms with van der Waals surface area (Å²) in [7, 11) is 0. The number of aryl methyl sites for hydroxylation is 2. The van der Waals surface area contributed by atoms with Gasteiger partial charge in [-0.3, -0.25) is 4.99 Å². The molecule has 0 bridgehead atoms. The fourth-order valence-corrected chi connectivity index (χ4v) is 3.80. The summed E-state index contributed by atoms with van der Waals surface area (Å²) >= 11 is 1.80. The van der Waals surface area contributed by atoms with Gasteiger partial charge in [0.2, 0.25) is 0 Å². The molecular weight excluding hydrogens is 445 g/mol. The average Bonchev–Trinajstić information content (AvgIpc) is 2.87. The maximum absolute atomic E-state index is 4.72. The number of nitrogens with one attached hydrogen (secondary N) is 2. The zero-order valence-corrected chi connectivity index (χ0v) is 19.2. The summed E-state index contributed by atoms with van der Waals surface area (Å²) in [5.41, 5.74) is 1.16. The van der Waals surface area contributed by atoms with E-state index in [1.807, 2.05) is 0 Å². The predicted octanol–water partition coefficient (Wildman–Crippen LogP) is 3.21. The molecule has 0 radical (unpaired) electrons. The molecule has 1 aliphatic heterocycles. The van der Waals surface area contributed by atoms with Crippen molar-refractivity contribution in [3.8, 4) is 0 Å². The van der Waals surface area contributed by atoms with Crippen LogP contribution < -0.4 is 10.6 Å². The molecule has 1 aromatic rings. The van der Waals surface area contributed by atoms with Crippen molar-refractivity contribution >= 4 is 41.3 Å². The third kappa shape index (κ3) is 8.21. The van der Waals surface area contributed by atoms with Gasteiger partial charge in [-0.25, -0.2) is 4.98 Å². The molecule has 7 heteroatoms. The number of thiazole rings is 1. The van der Waals surface area contributed by atoms with Crippen LogP contribution in [0.5, 0.6) is 0 Å². The van der Waals surface area contributed by atoms with Gasteiger partial charge in [0.05, 0.1) is 17.2 Å². The number of halogens is 1. The van der Waals surface area contributed by atoms with Gasteiger partial charge in [-0.05, 0) is 52.6 Å². The van der Waals surface area contributed by atoms with E-state index in [0.717, 1.165) is 50.2 Å². The van der Waals surface area contributed by atoms with Crippen LogP contribution in [0, 0.1) is 19.8 Å². The van der Waals surface area contributed by atoms with E-state index < -0.39 is 0 Å². The molecule has 0 saturated carbocycles. The Morgan fingerprint density at radius 1 is 1.28 bits per heavy atom. The highest BCUT2D eigenvalue weighted by atomic mass is 127. The van der Waals surface area contributed by atoms with E-state index in [0.29, 0.717) is 0 Å². The Labute approximate surface area is 174 Å². The third-order valence-electron chi connectivity index (χ3n) is 4.61. The van der Waals surface area contributed by atoms with Crippen molar-refractivity contribution in [1.29, 1.82) is 0 Å². The first-order chi connectivity index (χ1) is 11.6. The lowest BCUT2D eigenvalue weighted by Crippen LogP contribution is -2.39. The molecule has 0 amide bonds. The third-order valence-corrected chi connectivity index (χ3v) is 5.74. The van der Waals surface area contributed by atoms with Crippen LogP contribution in [-0.2, 0) is 6.42 Å². The van der Waals surface area contributed by atoms with Crippen molar-refractivity contribution in [1.82, 2.24) is 20.5 Å². The number of nitrogens with zero attached hydrogens (tertiary/aromatic N) is 3. The molecule has 1 saturated heterocycles. The molecule has 2 rings (SSSR count). The average molecular weight is 479 g/mol. The molecule has 25 heavy (non-hydrogen) atoms. The van der Waals surface area contributed by atoms with E-state index in [-0.39, 0.29) is 24.0 Å². The number of hydrogen-bond acceptors (Lipinski definition) is 4. The number of guanidine groups is 1. The number of aliphatic imine (C=N–C) groups is 1. The number of rotatable bonds is 7. The molecule has 2 N–H and O–H groups in total. The summed E-state index contributed by atoms with van der Waals surface area (Å²) in [6, 6.07) is 0. The number of aromatic nitrogens is 1. The molecule has 0 aromatic carbocycles. The maximum atomic E-state index is 4.72. The van der Waals surface area contributed by atoms with Crippen molar-refractivity contribution in [2.45, 2.75) is 47.0 Å². The summed E-state index contributed by atoms with van der Waals surface area (Å²) in [5.74, 6) is 1.81. The normalized spacial score (nSPS) is 16.6. The Balaban J connectivity index is 0.00000312. The van der Waals surface area contributed by atoms with E-state index in [9.17, 15) is 0 Å². The molecule has 2 heterocycles. The second kappa shape index (κ2) is 12.1. The van der Waals surface area contributed by atoms with Crippen molar-refractivity contribution in [3.05, 3.63) is 15.6 Å². The van der Waals surface area contributed by atoms with Crippen LogP contribution in [0.1, 0.15) is 42.3 Å². The van der Waals surface area contributed by atoms with E-state index >= 15 is 0 Å². The number of hydrogen-bond donors (Lipinski definition) is 2. The lowest BCUT2D eigenvalue weighted by atomic mass is 9.99. The van der Waals surface area contributed by atoms with Crippen molar-refractivity contribution in [2.24, 2.45) is 10.9 Å². The van der Waals surface area contributed by atoms with Gasteiger partial charge in [0, 0.05) is 30.9 Å². The highest BCUT2D eigenvalue weighted by Crippen LogP contribution is 2.16. The SMILES string of the molecule is CCNC(=NCCN1CCC(C)CC1)NCCc1nc(C)c(C)s1.I. The minimum atomic E-state index is 0. The molecule has 0 aliphatic carbocycles. The van der Waals surface area contributed by atoms with Crippen LogP contribution >= 0.6 is 35.3 Å². The van der Waals surface area contributed by atoms with Crippen LogP contribution in [0.25, 0.3) is 0 Å². The number of piperidine rings is 1. The lowest BCUT2D eigenvalue weighted by Gasteiger charge is -2.29. The standard InChI is InChI=1S/C18H33N5S.HI/c1-5-19-18(20-9-6-17-22-15(3)16(4)24-17)21-10-13-23-11-7-14(2)8-12-23;/h14H,5-13H2,1-4H3,(H2,19,20,21);1H. The van der Waals surface area contributed by atoms with Crippen LogP contribution in [0.2, 0.25) is 0 Å². The smallest absolute Gasteiger partial charge is 0.191 e. The van der Waals surface area contributed by atoms with Gasteiger partial charge in [0.25, 0.3) is 0 Å². The highest BCUT2D eigenvalue weighted by Gasteiger charge is 2.14. The molecule has 1 aliphatic rings. The van der Waals surface area contributed by atoms with E-state index in [4.69, 9.17) is 4.99 Å². The first-order valence-corrected chi connectivity index (χ1v) is 10.1. The molecular formula is C18H34IN5S. The Bertz CT molecular complexity index is 504. The van der Waals surface area contributed by atoms with Crippen molar-refractivity contribution in [3.63, 3.8) is 0 Å². The van der Waals surface area contributed by atoms with E-state index in [1.165, 1.54) is 35.8 Å². The first-order valence-electron chi connectivity index (χ1n) is 9.26. The van der Waals surface area contributed by atoms with Crippen LogP contribution in [-0.4, -0.2) is 55.1 Å². The van der Waals surface area contributed by atoms with Gasteiger partial charge < -0.3 is 15.5 Å². The second-order valence-electron chi connectivity index (χ2n) is 6.71. The Hall–Kier alpha value is -0.410. The minimum absolute atomic E-state index is 0. The Morgan fingerprint density at radius 3 is 2.60 bits per heavy atom. The molecule has 1 fully saturated rings. The summed E-state index contributed by atoms with van der Waals surface area (Å²) in [6.07, 6.45) is 3.61. The molecule has 1 aromatic heterocycles. The maximum Gasteiger partial charge on any atom is 0.191 e. The van der Waals surface area contributed by atoms with E-state index in [2.05, 4.69) is 48.2 Å². The minimum Gasteiger partial charge on any atom is -0.357 e. The monoisotopic (exact) mass is 479 g/mol. The first kappa shape index (κ1) is 22.6. The molecule has 0 atom stereocenters. The predicted molar refractivity (Wildman–Crippen MR) is 120 cm³/mol. The fraction of sp³-hybridized carbons (Fsp3) is 0.778. The van der Waals surface area contributed by atoms with Crippen LogP contribution in [0.4, 0.5) is 0 Å². The molecule has 5 nitrogen and oxygen atoms in total. The topological polar surface area (TPSA) is 52.6 Å². The van der Waals surface area contributed by atoms with Gasteiger partial charge in [-0.15, -0.1) is 35.3 Å². The van der Waals surface area contributed by atoms with Crippen LogP contribution in [0.3, 0.4) is 0 Å². The van der Waals surface area contributed by atoms with Gasteiger partial charge in [0.15, 0.2) is 5.96 Å². The fourth-order valence-electron chi connectivity index (χ4n) is 2.86. The van der Waals surface area contributed by atoms with Gasteiger partial charge >= 0.3 is 0 Å². The Kier molecular flexibility index (Phi) is 10.9. The number of likely N-dealkylation sites (tertiary alicyclic amines) is 1. The second-order valence-corrected chi connectivity index (χ2v) is 8.00. The summed E-state index contributed by atoms with van der Waals surface area (Å²) < 4.78 is 0. The molecule has 144 valence electrons. The zero-order valence-electron chi connectivity index (χ0n) is 16.1.